The second-order valence-electron chi connectivity index (χ2n) is 19.5. The van der Waals surface area contributed by atoms with Crippen LogP contribution in [0.25, 0.3) is 0 Å². The molecule has 0 aromatic carbocycles. The number of hydrogen-bond acceptors (Lipinski definition) is 6. The van der Waals surface area contributed by atoms with Gasteiger partial charge in [0.2, 0.25) is 0 Å². The Labute approximate surface area is 444 Å². The van der Waals surface area contributed by atoms with E-state index in [1.807, 2.05) is 0 Å². The standard InChI is InChI=1S/C66H110O6/c1-4-7-10-13-16-19-22-25-27-29-30-31-32-33-34-35-36-37-39-41-44-47-50-53-56-59-65(68)71-62-63(61-70-64(67)58-55-52-49-46-43-40-24-21-18-15-12-9-6-3)72-66(69)60-57-54-51-48-45-42-38-28-26-23-20-17-14-11-8-5-2/h7,10,16,19,21,24-25,27-28,30-31,33-34,36-38,41,44,63H,4-6,8-9,11-15,17-18,20,22-23,26,29,32,35,39-40,42-43,45-62H2,1-3H3/b10-7-,19-16-,24-21-,27-25-,31-30-,34-33-,37-36-,38-28-,44-41-. The zero-order chi connectivity index (χ0) is 52.2. The van der Waals surface area contributed by atoms with Gasteiger partial charge in [-0.3, -0.25) is 14.4 Å². The molecular weight excluding hydrogens is 889 g/mol. The van der Waals surface area contributed by atoms with Crippen LogP contribution in [0.1, 0.15) is 271 Å². The van der Waals surface area contributed by atoms with Gasteiger partial charge in [0.15, 0.2) is 6.10 Å². The van der Waals surface area contributed by atoms with Gasteiger partial charge >= 0.3 is 17.9 Å². The summed E-state index contributed by atoms with van der Waals surface area (Å²) in [5, 5.41) is 0. The molecule has 1 atom stereocenters. The molecule has 0 aromatic rings. The van der Waals surface area contributed by atoms with Crippen molar-refractivity contribution in [2.45, 2.75) is 277 Å². The van der Waals surface area contributed by atoms with Crippen molar-refractivity contribution < 1.29 is 28.6 Å². The van der Waals surface area contributed by atoms with Gasteiger partial charge in [-0.25, -0.2) is 0 Å². The number of ether oxygens (including phenoxy) is 3. The summed E-state index contributed by atoms with van der Waals surface area (Å²) in [6, 6.07) is 0. The molecule has 0 aliphatic heterocycles. The minimum Gasteiger partial charge on any atom is -0.462 e. The van der Waals surface area contributed by atoms with Crippen molar-refractivity contribution in [3.8, 4) is 0 Å². The van der Waals surface area contributed by atoms with Crippen LogP contribution >= 0.6 is 0 Å². The van der Waals surface area contributed by atoms with Crippen molar-refractivity contribution in [1.82, 2.24) is 0 Å². The molecular formula is C66H110O6. The lowest BCUT2D eigenvalue weighted by Gasteiger charge is -2.18. The summed E-state index contributed by atoms with van der Waals surface area (Å²) in [4.78, 5) is 38.2. The molecule has 0 aromatic heterocycles. The highest BCUT2D eigenvalue weighted by Crippen LogP contribution is 2.14. The first kappa shape index (κ1) is 68.1. The number of allylic oxidation sites excluding steroid dienone is 18. The number of hydrogen-bond donors (Lipinski definition) is 0. The van der Waals surface area contributed by atoms with Crippen LogP contribution in [-0.2, 0) is 28.6 Å². The smallest absolute Gasteiger partial charge is 0.306 e. The van der Waals surface area contributed by atoms with E-state index in [0.717, 1.165) is 135 Å². The van der Waals surface area contributed by atoms with Gasteiger partial charge in [0.1, 0.15) is 13.2 Å². The molecule has 0 spiro atoms. The lowest BCUT2D eigenvalue weighted by atomic mass is 10.1. The van der Waals surface area contributed by atoms with Gasteiger partial charge in [0, 0.05) is 19.3 Å². The van der Waals surface area contributed by atoms with Crippen LogP contribution in [0.4, 0.5) is 0 Å². The maximum absolute atomic E-state index is 12.9. The highest BCUT2D eigenvalue weighted by Gasteiger charge is 2.19. The highest BCUT2D eigenvalue weighted by atomic mass is 16.6. The minimum absolute atomic E-state index is 0.0972. The van der Waals surface area contributed by atoms with Crippen molar-refractivity contribution in [3.63, 3.8) is 0 Å². The lowest BCUT2D eigenvalue weighted by molar-refractivity contribution is -0.167. The zero-order valence-corrected chi connectivity index (χ0v) is 46.9. The number of rotatable bonds is 53. The SMILES string of the molecule is CC/C=C\C/C=C\C/C=C\C/C=C\C/C=C\C/C=C\C/C=C\CCCCCC(=O)OCC(COC(=O)CCCCCCC/C=C\CCCCCC)OC(=O)CCCCCCC/C=C\CCCCCCCCC. The second-order valence-corrected chi connectivity index (χ2v) is 19.5. The van der Waals surface area contributed by atoms with E-state index in [0.29, 0.717) is 19.3 Å². The monoisotopic (exact) mass is 999 g/mol. The summed E-state index contributed by atoms with van der Waals surface area (Å²) in [5.41, 5.74) is 0. The van der Waals surface area contributed by atoms with E-state index < -0.39 is 6.10 Å². The third kappa shape index (κ3) is 57.0. The predicted molar refractivity (Wildman–Crippen MR) is 311 cm³/mol. The Morgan fingerprint density at radius 1 is 0.292 bits per heavy atom. The molecule has 0 fully saturated rings. The summed E-state index contributed by atoms with van der Waals surface area (Å²) in [5.74, 6) is -0.946. The van der Waals surface area contributed by atoms with Gasteiger partial charge in [0.25, 0.3) is 0 Å². The Balaban J connectivity index is 4.44. The number of esters is 3. The van der Waals surface area contributed by atoms with Crippen molar-refractivity contribution in [2.24, 2.45) is 0 Å². The van der Waals surface area contributed by atoms with Gasteiger partial charge in [0.05, 0.1) is 0 Å². The summed E-state index contributed by atoms with van der Waals surface area (Å²) >= 11 is 0. The maximum atomic E-state index is 12.9. The third-order valence-electron chi connectivity index (χ3n) is 12.5. The van der Waals surface area contributed by atoms with Crippen LogP contribution < -0.4 is 0 Å². The fourth-order valence-corrected chi connectivity index (χ4v) is 8.00. The molecule has 0 aliphatic rings. The van der Waals surface area contributed by atoms with Gasteiger partial charge in [-0.2, -0.15) is 0 Å². The van der Waals surface area contributed by atoms with E-state index in [1.54, 1.807) is 0 Å². The molecule has 410 valence electrons. The molecule has 0 saturated heterocycles. The van der Waals surface area contributed by atoms with E-state index in [1.165, 1.54) is 96.3 Å². The summed E-state index contributed by atoms with van der Waals surface area (Å²) in [7, 11) is 0. The lowest BCUT2D eigenvalue weighted by Crippen LogP contribution is -2.30. The van der Waals surface area contributed by atoms with Crippen molar-refractivity contribution in [3.05, 3.63) is 109 Å². The maximum Gasteiger partial charge on any atom is 0.306 e. The second kappa shape index (κ2) is 59.6. The van der Waals surface area contributed by atoms with Crippen LogP contribution in [0.2, 0.25) is 0 Å². The van der Waals surface area contributed by atoms with E-state index in [2.05, 4.69) is 130 Å². The van der Waals surface area contributed by atoms with E-state index in [4.69, 9.17) is 14.2 Å². The fourth-order valence-electron chi connectivity index (χ4n) is 8.00. The first-order valence-electron chi connectivity index (χ1n) is 29.9. The van der Waals surface area contributed by atoms with Crippen molar-refractivity contribution in [2.75, 3.05) is 13.2 Å². The average molecular weight is 1000 g/mol. The van der Waals surface area contributed by atoms with E-state index in [9.17, 15) is 14.4 Å². The van der Waals surface area contributed by atoms with Crippen molar-refractivity contribution in [1.29, 1.82) is 0 Å². The zero-order valence-electron chi connectivity index (χ0n) is 46.9. The van der Waals surface area contributed by atoms with Crippen molar-refractivity contribution >= 4 is 17.9 Å². The third-order valence-corrected chi connectivity index (χ3v) is 12.5. The predicted octanol–water partition coefficient (Wildman–Crippen LogP) is 20.3. The quantitative estimate of drug-likeness (QED) is 0.0261. The first-order chi connectivity index (χ1) is 35.5. The molecule has 0 aliphatic carbocycles. The van der Waals surface area contributed by atoms with Crippen LogP contribution in [0.3, 0.4) is 0 Å². The Morgan fingerprint density at radius 2 is 0.542 bits per heavy atom. The molecule has 0 heterocycles. The Hall–Kier alpha value is -3.93. The molecule has 72 heavy (non-hydrogen) atoms. The molecule has 0 bridgehead atoms. The molecule has 0 radical (unpaired) electrons. The highest BCUT2D eigenvalue weighted by molar-refractivity contribution is 5.71. The summed E-state index contributed by atoms with van der Waals surface area (Å²) in [6.45, 7) is 6.47. The Bertz CT molecular complexity index is 1470. The first-order valence-corrected chi connectivity index (χ1v) is 29.9. The molecule has 6 nitrogen and oxygen atoms in total. The summed E-state index contributed by atoms with van der Waals surface area (Å²) in [6.07, 6.45) is 80.8. The van der Waals surface area contributed by atoms with E-state index >= 15 is 0 Å². The van der Waals surface area contributed by atoms with E-state index in [-0.39, 0.29) is 31.1 Å². The van der Waals surface area contributed by atoms with Crippen LogP contribution in [0.5, 0.6) is 0 Å². The number of carbonyl (C=O) groups is 3. The molecule has 0 saturated carbocycles. The Morgan fingerprint density at radius 3 is 0.889 bits per heavy atom. The Kier molecular flexibility index (Phi) is 56.4. The van der Waals surface area contributed by atoms with Gasteiger partial charge in [-0.15, -0.1) is 0 Å². The van der Waals surface area contributed by atoms with Crippen LogP contribution in [0, 0.1) is 0 Å². The van der Waals surface area contributed by atoms with Crippen LogP contribution in [-0.4, -0.2) is 37.2 Å². The van der Waals surface area contributed by atoms with Gasteiger partial charge < -0.3 is 14.2 Å². The molecule has 0 amide bonds. The topological polar surface area (TPSA) is 78.9 Å². The number of carbonyl (C=O) groups excluding carboxylic acids is 3. The number of unbranched alkanes of at least 4 members (excludes halogenated alkanes) is 24. The molecule has 1 unspecified atom stereocenters. The van der Waals surface area contributed by atoms with Crippen LogP contribution in [0.15, 0.2) is 109 Å². The fraction of sp³-hybridized carbons (Fsp3) is 0.682. The molecule has 0 N–H and O–H groups in total. The minimum atomic E-state index is -0.802. The van der Waals surface area contributed by atoms with Gasteiger partial charge in [-0.1, -0.05) is 233 Å². The van der Waals surface area contributed by atoms with Gasteiger partial charge in [-0.05, 0) is 128 Å². The summed E-state index contributed by atoms with van der Waals surface area (Å²) < 4.78 is 16.8. The molecule has 6 heteroatoms. The molecule has 0 rings (SSSR count). The normalized spacial score (nSPS) is 12.9. The average Bonchev–Trinajstić information content (AvgIpc) is 3.38. The largest absolute Gasteiger partial charge is 0.462 e.